The third-order valence-electron chi connectivity index (χ3n) is 0.913. The summed E-state index contributed by atoms with van der Waals surface area (Å²) in [5.74, 6) is -0.565. The van der Waals surface area contributed by atoms with Gasteiger partial charge in [0.15, 0.2) is 6.29 Å². The van der Waals surface area contributed by atoms with Gasteiger partial charge in [0, 0.05) is 5.57 Å². The Balaban J connectivity index is 0. The molecule has 15 heavy (non-hydrogen) atoms. The van der Waals surface area contributed by atoms with Crippen molar-refractivity contribution >= 4 is 12.1 Å². The summed E-state index contributed by atoms with van der Waals surface area (Å²) in [6, 6.07) is 0. The molecular weight excluding hydrogens is 202 g/mol. The van der Waals surface area contributed by atoms with Gasteiger partial charge in [-0.25, -0.2) is 9.59 Å². The Morgan fingerprint density at radius 3 is 2.07 bits per heavy atom. The van der Waals surface area contributed by atoms with E-state index >= 15 is 0 Å². The third-order valence-corrected chi connectivity index (χ3v) is 0.913. The normalized spacial score (nSPS) is 10.4. The summed E-state index contributed by atoms with van der Waals surface area (Å²) in [5, 5.41) is 8.49. The molecule has 0 heterocycles. The van der Waals surface area contributed by atoms with Crippen LogP contribution in [-0.2, 0) is 14.3 Å². The van der Waals surface area contributed by atoms with Gasteiger partial charge in [-0.2, -0.15) is 0 Å². The van der Waals surface area contributed by atoms with E-state index in [0.29, 0.717) is 6.61 Å². The zero-order valence-corrected chi connectivity index (χ0v) is 9.15. The smallest absolute Gasteiger partial charge is 0.404 e. The summed E-state index contributed by atoms with van der Waals surface area (Å²) in [6.45, 7) is 8.26. The molecule has 0 fully saturated rings. The summed E-state index contributed by atoms with van der Waals surface area (Å²) in [5.41, 5.74) is 4.83. The molecule has 0 radical (unpaired) electrons. The zero-order chi connectivity index (χ0) is 12.4. The highest BCUT2D eigenvalue weighted by atomic mass is 16.6. The molecule has 0 aliphatic heterocycles. The number of amides is 1. The number of hydrogen-bond donors (Lipinski definition) is 2. The lowest BCUT2D eigenvalue weighted by atomic mass is 10.4. The van der Waals surface area contributed by atoms with Crippen LogP contribution in [0.15, 0.2) is 12.2 Å². The molecule has 1 atom stereocenters. The van der Waals surface area contributed by atoms with Gasteiger partial charge in [0.1, 0.15) is 0 Å². The zero-order valence-electron chi connectivity index (χ0n) is 9.15. The second kappa shape index (κ2) is 9.01. The molecule has 0 aromatic carbocycles. The van der Waals surface area contributed by atoms with Gasteiger partial charge in [0.2, 0.25) is 0 Å². The van der Waals surface area contributed by atoms with Crippen molar-refractivity contribution in [2.75, 3.05) is 6.61 Å². The Morgan fingerprint density at radius 1 is 1.53 bits per heavy atom. The largest absolute Gasteiger partial charge is 0.450 e. The molecule has 3 N–H and O–H groups in total. The number of hydrogen-bond acceptors (Lipinski definition) is 5. The fourth-order valence-electron chi connectivity index (χ4n) is 0.398. The van der Waals surface area contributed by atoms with Crippen molar-refractivity contribution in [3.8, 4) is 0 Å². The monoisotopic (exact) mass is 219 g/mol. The van der Waals surface area contributed by atoms with Gasteiger partial charge >= 0.3 is 12.1 Å². The van der Waals surface area contributed by atoms with Crippen molar-refractivity contribution in [3.63, 3.8) is 0 Å². The fourth-order valence-corrected chi connectivity index (χ4v) is 0.398. The highest BCUT2D eigenvalue weighted by Crippen LogP contribution is 1.94. The average molecular weight is 219 g/mol. The average Bonchev–Trinajstić information content (AvgIpc) is 2.03. The number of carbonyl (C=O) groups is 2. The summed E-state index contributed by atoms with van der Waals surface area (Å²) in [4.78, 5) is 20.1. The van der Waals surface area contributed by atoms with Crippen LogP contribution in [0.1, 0.15) is 20.8 Å². The molecule has 1 unspecified atom stereocenters. The first-order valence-corrected chi connectivity index (χ1v) is 4.28. The minimum absolute atomic E-state index is 0.288. The van der Waals surface area contributed by atoms with E-state index in [-0.39, 0.29) is 5.57 Å². The van der Waals surface area contributed by atoms with E-state index in [1.165, 1.54) is 13.8 Å². The van der Waals surface area contributed by atoms with Crippen LogP contribution in [0.3, 0.4) is 0 Å². The van der Waals surface area contributed by atoms with Crippen LogP contribution in [-0.4, -0.2) is 30.1 Å². The number of esters is 1. The van der Waals surface area contributed by atoms with Gasteiger partial charge in [-0.15, -0.1) is 0 Å². The predicted molar refractivity (Wildman–Crippen MR) is 53.8 cm³/mol. The first-order valence-electron chi connectivity index (χ1n) is 4.28. The molecule has 88 valence electrons. The molecule has 0 bridgehead atoms. The topological polar surface area (TPSA) is 98.8 Å². The van der Waals surface area contributed by atoms with Crippen LogP contribution in [0.25, 0.3) is 0 Å². The standard InChI is InChI=1S/C6H10O3.C3H7NO2/c1-4(2)6(8)9-5(3)7;1-2-6-3(4)5/h5,7H,1H2,2-3H3;2H2,1H3,(H2,4,5). The maximum Gasteiger partial charge on any atom is 0.404 e. The molecule has 1 amide bonds. The summed E-state index contributed by atoms with van der Waals surface area (Å²) in [6.07, 6.45) is -1.76. The van der Waals surface area contributed by atoms with Crippen molar-refractivity contribution in [1.82, 2.24) is 0 Å². The Hall–Kier alpha value is -1.56. The lowest BCUT2D eigenvalue weighted by Crippen LogP contribution is -2.13. The SMILES string of the molecule is C=C(C)C(=O)OC(C)O.CCOC(N)=O. The van der Waals surface area contributed by atoms with Gasteiger partial charge in [-0.1, -0.05) is 6.58 Å². The first kappa shape index (κ1) is 15.9. The molecule has 6 heteroatoms. The minimum Gasteiger partial charge on any atom is -0.450 e. The molecule has 0 aliphatic carbocycles. The lowest BCUT2D eigenvalue weighted by molar-refractivity contribution is -0.159. The highest BCUT2D eigenvalue weighted by Gasteiger charge is 2.04. The van der Waals surface area contributed by atoms with Gasteiger partial charge in [0.05, 0.1) is 6.61 Å². The van der Waals surface area contributed by atoms with E-state index in [2.05, 4.69) is 21.8 Å². The molecule has 0 spiro atoms. The molecule has 0 saturated carbocycles. The van der Waals surface area contributed by atoms with E-state index in [9.17, 15) is 9.59 Å². The quantitative estimate of drug-likeness (QED) is 0.410. The maximum atomic E-state index is 10.5. The molecule has 0 saturated heterocycles. The summed E-state index contributed by atoms with van der Waals surface area (Å²) < 4.78 is 8.51. The van der Waals surface area contributed by atoms with Gasteiger partial charge in [-0.05, 0) is 20.8 Å². The Labute approximate surface area is 88.7 Å². The van der Waals surface area contributed by atoms with E-state index in [0.717, 1.165) is 0 Å². The Kier molecular flexibility index (Phi) is 9.55. The number of ether oxygens (including phenoxy) is 2. The Morgan fingerprint density at radius 2 is 2.00 bits per heavy atom. The first-order chi connectivity index (χ1) is 6.81. The van der Waals surface area contributed by atoms with E-state index in [1.807, 2.05) is 0 Å². The number of aliphatic hydroxyl groups excluding tert-OH is 1. The van der Waals surface area contributed by atoms with Crippen molar-refractivity contribution in [3.05, 3.63) is 12.2 Å². The molecule has 6 nitrogen and oxygen atoms in total. The maximum absolute atomic E-state index is 10.5. The van der Waals surface area contributed by atoms with Crippen molar-refractivity contribution in [2.45, 2.75) is 27.1 Å². The number of carbonyl (C=O) groups excluding carboxylic acids is 2. The van der Waals surface area contributed by atoms with Crippen LogP contribution >= 0.6 is 0 Å². The number of nitrogens with two attached hydrogens (primary N) is 1. The van der Waals surface area contributed by atoms with E-state index in [1.54, 1.807) is 6.92 Å². The number of primary amides is 1. The summed E-state index contributed by atoms with van der Waals surface area (Å²) in [7, 11) is 0. The van der Waals surface area contributed by atoms with Gasteiger partial charge in [-0.3, -0.25) is 0 Å². The number of aliphatic hydroxyl groups is 1. The number of rotatable bonds is 3. The van der Waals surface area contributed by atoms with Crippen molar-refractivity contribution < 1.29 is 24.2 Å². The second-order valence-corrected chi connectivity index (χ2v) is 2.54. The molecule has 0 aromatic heterocycles. The van der Waals surface area contributed by atoms with Crippen LogP contribution in [0, 0.1) is 0 Å². The Bertz CT molecular complexity index is 225. The second-order valence-electron chi connectivity index (χ2n) is 2.54. The predicted octanol–water partition coefficient (Wildman–Crippen LogP) is 0.546. The van der Waals surface area contributed by atoms with Gasteiger partial charge < -0.3 is 20.3 Å². The summed E-state index contributed by atoms with van der Waals surface area (Å²) >= 11 is 0. The molecular formula is C9H17NO5. The van der Waals surface area contributed by atoms with Crippen molar-refractivity contribution in [2.24, 2.45) is 5.73 Å². The third kappa shape index (κ3) is 15.2. The van der Waals surface area contributed by atoms with Crippen LogP contribution < -0.4 is 5.73 Å². The molecule has 0 rings (SSSR count). The van der Waals surface area contributed by atoms with Crippen LogP contribution in [0.4, 0.5) is 4.79 Å². The van der Waals surface area contributed by atoms with E-state index in [4.69, 9.17) is 5.11 Å². The highest BCUT2D eigenvalue weighted by molar-refractivity contribution is 5.86. The van der Waals surface area contributed by atoms with Crippen LogP contribution in [0.2, 0.25) is 0 Å². The fraction of sp³-hybridized carbons (Fsp3) is 0.556. The van der Waals surface area contributed by atoms with E-state index < -0.39 is 18.4 Å². The minimum atomic E-state index is -1.05. The van der Waals surface area contributed by atoms with Gasteiger partial charge in [0.25, 0.3) is 0 Å². The molecule has 0 aliphatic rings. The molecule has 0 aromatic rings. The lowest BCUT2D eigenvalue weighted by Gasteiger charge is -2.04. The van der Waals surface area contributed by atoms with Crippen LogP contribution in [0.5, 0.6) is 0 Å². The van der Waals surface area contributed by atoms with Crippen molar-refractivity contribution in [1.29, 1.82) is 0 Å².